The van der Waals surface area contributed by atoms with Crippen LogP contribution < -0.4 is 25.8 Å². The smallest absolute Gasteiger partial charge is 0.274 e. The number of carbonyl (C=O) groups is 3. The molecular formula is C40H45FN10O4. The zero-order chi connectivity index (χ0) is 38.7. The molecule has 2 aromatic carbocycles. The molecule has 1 atom stereocenters. The minimum atomic E-state index is -1.34. The molecule has 3 aliphatic heterocycles. The third-order valence-electron chi connectivity index (χ3n) is 10.5. The van der Waals surface area contributed by atoms with E-state index in [-0.39, 0.29) is 35.4 Å². The van der Waals surface area contributed by atoms with Crippen LogP contribution in [0.5, 0.6) is 0 Å². The van der Waals surface area contributed by atoms with Crippen LogP contribution in [0.15, 0.2) is 66.9 Å². The fourth-order valence-corrected chi connectivity index (χ4v) is 7.47. The van der Waals surface area contributed by atoms with Gasteiger partial charge in [-0.05, 0) is 93.6 Å². The van der Waals surface area contributed by atoms with Crippen molar-refractivity contribution in [2.45, 2.75) is 51.2 Å². The van der Waals surface area contributed by atoms with E-state index in [4.69, 9.17) is 5.26 Å². The number of aromatic nitrogens is 3. The first kappa shape index (κ1) is 37.5. The molecule has 286 valence electrons. The number of hydrogen-bond donors (Lipinski definition) is 4. The number of aliphatic hydroxyl groups is 1. The summed E-state index contributed by atoms with van der Waals surface area (Å²) in [5.74, 6) is -0.962. The SMILES string of the molecule is CC(C)(O)c1nn(-c2ccc(N3CCN(CC4CCN(c5ccc(NC6CCC(=O)NC6=O)cc5F)CC4)CC3)cc2)cc1NC(=O)c1cccc(C#N)n1. The number of hydrogen-bond acceptors (Lipinski definition) is 11. The van der Waals surface area contributed by atoms with Gasteiger partial charge in [0, 0.05) is 63.6 Å². The van der Waals surface area contributed by atoms with Crippen molar-refractivity contribution in [2.24, 2.45) is 5.92 Å². The molecule has 2 aromatic heterocycles. The Hall–Kier alpha value is -5.85. The Bertz CT molecular complexity index is 2090. The molecule has 7 rings (SSSR count). The number of nitrogens with one attached hydrogen (secondary N) is 3. The first-order chi connectivity index (χ1) is 26.4. The average Bonchev–Trinajstić information content (AvgIpc) is 3.61. The van der Waals surface area contributed by atoms with Gasteiger partial charge in [-0.15, -0.1) is 0 Å². The van der Waals surface area contributed by atoms with Crippen molar-refractivity contribution in [1.29, 1.82) is 5.26 Å². The van der Waals surface area contributed by atoms with Crippen molar-refractivity contribution in [2.75, 3.05) is 66.2 Å². The molecule has 55 heavy (non-hydrogen) atoms. The lowest BCUT2D eigenvalue weighted by atomic mass is 9.95. The second kappa shape index (κ2) is 15.9. The van der Waals surface area contributed by atoms with Crippen LogP contribution in [0.4, 0.5) is 27.1 Å². The molecular weight excluding hydrogens is 704 g/mol. The molecule has 4 N–H and O–H groups in total. The van der Waals surface area contributed by atoms with Crippen molar-refractivity contribution in [3.63, 3.8) is 0 Å². The topological polar surface area (TPSA) is 172 Å². The molecule has 0 saturated carbocycles. The van der Waals surface area contributed by atoms with Gasteiger partial charge in [0.2, 0.25) is 11.8 Å². The summed E-state index contributed by atoms with van der Waals surface area (Å²) in [6, 6.07) is 19.0. The van der Waals surface area contributed by atoms with Gasteiger partial charge in [0.15, 0.2) is 0 Å². The van der Waals surface area contributed by atoms with Crippen LogP contribution in [-0.2, 0) is 15.2 Å². The van der Waals surface area contributed by atoms with Crippen LogP contribution in [0.1, 0.15) is 61.4 Å². The van der Waals surface area contributed by atoms with Gasteiger partial charge in [-0.1, -0.05) is 6.07 Å². The molecule has 0 radical (unpaired) electrons. The average molecular weight is 749 g/mol. The van der Waals surface area contributed by atoms with Crippen molar-refractivity contribution < 1.29 is 23.9 Å². The maximum atomic E-state index is 15.2. The number of imide groups is 1. The monoisotopic (exact) mass is 748 g/mol. The molecule has 14 nitrogen and oxygen atoms in total. The number of piperidine rings is 2. The van der Waals surface area contributed by atoms with Crippen molar-refractivity contribution >= 4 is 40.5 Å². The second-order valence-corrected chi connectivity index (χ2v) is 14.9. The molecule has 3 fully saturated rings. The lowest BCUT2D eigenvalue weighted by Gasteiger charge is -2.40. The Labute approximate surface area is 318 Å². The normalized spacial score (nSPS) is 18.5. The maximum Gasteiger partial charge on any atom is 0.274 e. The number of pyridine rings is 1. The van der Waals surface area contributed by atoms with Gasteiger partial charge >= 0.3 is 0 Å². The number of anilines is 4. The van der Waals surface area contributed by atoms with Crippen LogP contribution >= 0.6 is 0 Å². The number of carbonyl (C=O) groups excluding carboxylic acids is 3. The molecule has 1 unspecified atom stereocenters. The number of nitrogens with zero attached hydrogens (tertiary/aromatic N) is 7. The fraction of sp³-hybridized carbons (Fsp3) is 0.400. The van der Waals surface area contributed by atoms with Gasteiger partial charge in [0.05, 0.1) is 23.3 Å². The van der Waals surface area contributed by atoms with Gasteiger partial charge in [-0.3, -0.25) is 24.6 Å². The summed E-state index contributed by atoms with van der Waals surface area (Å²) in [7, 11) is 0. The van der Waals surface area contributed by atoms with Crippen LogP contribution in [0.3, 0.4) is 0 Å². The Kier molecular flexibility index (Phi) is 10.8. The molecule has 3 aliphatic rings. The van der Waals surface area contributed by atoms with Gasteiger partial charge in [-0.2, -0.15) is 10.4 Å². The van der Waals surface area contributed by atoms with E-state index in [2.05, 4.69) is 52.9 Å². The van der Waals surface area contributed by atoms with Crippen molar-refractivity contribution in [3.05, 3.63) is 89.8 Å². The van der Waals surface area contributed by atoms with Crippen LogP contribution in [0, 0.1) is 23.1 Å². The summed E-state index contributed by atoms with van der Waals surface area (Å²) in [5, 5.41) is 32.8. The Morgan fingerprint density at radius 3 is 2.38 bits per heavy atom. The number of rotatable bonds is 10. The number of halogens is 1. The highest BCUT2D eigenvalue weighted by Gasteiger charge is 2.29. The summed E-state index contributed by atoms with van der Waals surface area (Å²) in [4.78, 5) is 47.5. The number of benzene rings is 2. The first-order valence-electron chi connectivity index (χ1n) is 18.7. The van der Waals surface area contributed by atoms with E-state index in [9.17, 15) is 19.5 Å². The van der Waals surface area contributed by atoms with E-state index in [1.165, 1.54) is 18.2 Å². The Balaban J connectivity index is 0.891. The van der Waals surface area contributed by atoms with E-state index in [0.717, 1.165) is 70.0 Å². The largest absolute Gasteiger partial charge is 0.384 e. The molecule has 5 heterocycles. The van der Waals surface area contributed by atoms with Crippen molar-refractivity contribution in [3.8, 4) is 11.8 Å². The highest BCUT2D eigenvalue weighted by atomic mass is 19.1. The molecule has 3 amide bonds. The standard InChI is InChI=1S/C40H45FN10O4/c1-40(2,55)37-34(45-38(53)32-5-3-4-28(23-42)44-32)25-51(47-37)30-9-7-29(8-10-30)49-20-18-48(19-21-49)24-26-14-16-50(17-15-26)35-12-6-27(22-31(35)41)43-33-11-13-36(52)46-39(33)54/h3-10,12,22,25-26,33,43,55H,11,13-21,24H2,1-2H3,(H,45,53)(H,46,52,54). The van der Waals surface area contributed by atoms with E-state index < -0.39 is 17.6 Å². The first-order valence-corrected chi connectivity index (χ1v) is 18.7. The minimum Gasteiger partial charge on any atom is -0.384 e. The molecule has 3 saturated heterocycles. The van der Waals surface area contributed by atoms with Crippen LogP contribution in [-0.4, -0.2) is 94.3 Å². The van der Waals surface area contributed by atoms with Gasteiger partial charge < -0.3 is 25.5 Å². The summed E-state index contributed by atoms with van der Waals surface area (Å²) in [6.07, 6.45) is 4.27. The van der Waals surface area contributed by atoms with Crippen LogP contribution in [0.2, 0.25) is 0 Å². The maximum absolute atomic E-state index is 15.2. The lowest BCUT2D eigenvalue weighted by Crippen LogP contribution is -2.49. The summed E-state index contributed by atoms with van der Waals surface area (Å²) in [6.45, 7) is 9.46. The third-order valence-corrected chi connectivity index (χ3v) is 10.5. The van der Waals surface area contributed by atoms with E-state index in [0.29, 0.717) is 35.1 Å². The minimum absolute atomic E-state index is 0.0855. The van der Waals surface area contributed by atoms with Gasteiger partial charge in [-0.25, -0.2) is 14.1 Å². The Morgan fingerprint density at radius 1 is 0.982 bits per heavy atom. The van der Waals surface area contributed by atoms with Gasteiger partial charge in [0.1, 0.15) is 40.6 Å². The zero-order valence-electron chi connectivity index (χ0n) is 31.0. The van der Waals surface area contributed by atoms with E-state index in [1.54, 1.807) is 42.9 Å². The Morgan fingerprint density at radius 2 is 1.71 bits per heavy atom. The molecule has 0 bridgehead atoms. The predicted molar refractivity (Wildman–Crippen MR) is 205 cm³/mol. The summed E-state index contributed by atoms with van der Waals surface area (Å²) >= 11 is 0. The highest BCUT2D eigenvalue weighted by Crippen LogP contribution is 2.31. The summed E-state index contributed by atoms with van der Waals surface area (Å²) in [5.41, 5.74) is 2.48. The molecule has 4 aromatic rings. The predicted octanol–water partition coefficient (Wildman–Crippen LogP) is 4.01. The van der Waals surface area contributed by atoms with Crippen molar-refractivity contribution in [1.82, 2.24) is 25.0 Å². The number of amides is 3. The highest BCUT2D eigenvalue weighted by molar-refractivity contribution is 6.03. The van der Waals surface area contributed by atoms with E-state index in [1.807, 2.05) is 18.2 Å². The summed E-state index contributed by atoms with van der Waals surface area (Å²) < 4.78 is 16.8. The van der Waals surface area contributed by atoms with E-state index >= 15 is 4.39 Å². The number of piperazine rings is 1. The van der Waals surface area contributed by atoms with Gasteiger partial charge in [0.25, 0.3) is 5.91 Å². The zero-order valence-corrected chi connectivity index (χ0v) is 31.0. The van der Waals surface area contributed by atoms with Crippen LogP contribution in [0.25, 0.3) is 5.69 Å². The third kappa shape index (κ3) is 8.77. The molecule has 15 heteroatoms. The second-order valence-electron chi connectivity index (χ2n) is 14.9. The molecule has 0 spiro atoms. The lowest BCUT2D eigenvalue weighted by molar-refractivity contribution is -0.133. The fourth-order valence-electron chi connectivity index (χ4n) is 7.47. The number of nitriles is 1. The molecule has 0 aliphatic carbocycles. The quantitative estimate of drug-likeness (QED) is 0.173.